The number of nitrogens with one attached hydrogen (secondary N) is 2. The molecule has 136 valence electrons. The van der Waals surface area contributed by atoms with Crippen LogP contribution in [0.2, 0.25) is 0 Å². The van der Waals surface area contributed by atoms with Crippen LogP contribution < -0.4 is 20.1 Å². The zero-order valence-electron chi connectivity index (χ0n) is 14.5. The molecule has 1 saturated heterocycles. The monoisotopic (exact) mass is 374 g/mol. The molecule has 0 spiro atoms. The smallest absolute Gasteiger partial charge is 0.238 e. The van der Waals surface area contributed by atoms with E-state index in [1.54, 1.807) is 18.9 Å². The molecule has 2 N–H and O–H groups in total. The molecule has 2 rings (SSSR count). The van der Waals surface area contributed by atoms with Crippen LogP contribution in [0.4, 0.5) is 0 Å². The summed E-state index contributed by atoms with van der Waals surface area (Å²) in [5.41, 5.74) is 1.00. The standard InChI is InChI=1S/C17H26N2O3S.ClH/c1-4-5-8-22-15-7-6-13(9-16(15)21-3)12(2)19-17(20)14-10-23-11-18-14;/h6-7,9,12,14,18H,4-5,8,10-11H2,1-3H3,(H,19,20);1H. The SMILES string of the molecule is CCCCOc1ccc(C(C)NC(=O)C2CSCN2)cc1OC.Cl. The van der Waals surface area contributed by atoms with E-state index in [1.807, 2.05) is 25.1 Å². The second-order valence-corrected chi connectivity index (χ2v) is 6.64. The van der Waals surface area contributed by atoms with Crippen molar-refractivity contribution in [2.24, 2.45) is 0 Å². The number of halogens is 1. The number of amides is 1. The van der Waals surface area contributed by atoms with Gasteiger partial charge in [0.1, 0.15) is 0 Å². The van der Waals surface area contributed by atoms with Crippen LogP contribution in [0, 0.1) is 0 Å². The zero-order valence-corrected chi connectivity index (χ0v) is 16.1. The number of carbonyl (C=O) groups excluding carboxylic acids is 1. The van der Waals surface area contributed by atoms with Gasteiger partial charge < -0.3 is 14.8 Å². The first-order valence-corrected chi connectivity index (χ1v) is 9.23. The van der Waals surface area contributed by atoms with Gasteiger partial charge in [0.15, 0.2) is 11.5 Å². The Labute approximate surface area is 154 Å². The van der Waals surface area contributed by atoms with Crippen LogP contribution in [0.3, 0.4) is 0 Å². The van der Waals surface area contributed by atoms with Gasteiger partial charge in [-0.25, -0.2) is 0 Å². The maximum atomic E-state index is 12.2. The van der Waals surface area contributed by atoms with Gasteiger partial charge in [-0.2, -0.15) is 0 Å². The third-order valence-electron chi connectivity index (χ3n) is 3.83. The fraction of sp³-hybridized carbons (Fsp3) is 0.588. The van der Waals surface area contributed by atoms with E-state index in [2.05, 4.69) is 17.6 Å². The Bertz CT molecular complexity index is 525. The third-order valence-corrected chi connectivity index (χ3v) is 4.77. The highest BCUT2D eigenvalue weighted by molar-refractivity contribution is 7.99. The van der Waals surface area contributed by atoms with Crippen molar-refractivity contribution in [3.63, 3.8) is 0 Å². The number of ether oxygens (including phenoxy) is 2. The number of thioether (sulfide) groups is 1. The first kappa shape index (κ1) is 20.9. The van der Waals surface area contributed by atoms with Crippen LogP contribution in [0.5, 0.6) is 11.5 Å². The largest absolute Gasteiger partial charge is 0.493 e. The van der Waals surface area contributed by atoms with Crippen molar-refractivity contribution in [2.45, 2.75) is 38.8 Å². The highest BCUT2D eigenvalue weighted by Crippen LogP contribution is 2.30. The van der Waals surface area contributed by atoms with Gasteiger partial charge in [0.25, 0.3) is 0 Å². The molecular weight excluding hydrogens is 348 g/mol. The van der Waals surface area contributed by atoms with Gasteiger partial charge in [-0.3, -0.25) is 10.1 Å². The van der Waals surface area contributed by atoms with E-state index < -0.39 is 0 Å². The lowest BCUT2D eigenvalue weighted by Gasteiger charge is -2.19. The maximum absolute atomic E-state index is 12.2. The van der Waals surface area contributed by atoms with E-state index in [0.717, 1.165) is 35.8 Å². The number of benzene rings is 1. The lowest BCUT2D eigenvalue weighted by Crippen LogP contribution is -2.42. The molecule has 5 nitrogen and oxygen atoms in total. The topological polar surface area (TPSA) is 59.6 Å². The van der Waals surface area contributed by atoms with Crippen LogP contribution in [0.1, 0.15) is 38.3 Å². The Morgan fingerprint density at radius 1 is 1.46 bits per heavy atom. The van der Waals surface area contributed by atoms with Crippen LogP contribution in [-0.4, -0.2) is 37.3 Å². The Hall–Kier alpha value is -1.11. The van der Waals surface area contributed by atoms with E-state index >= 15 is 0 Å². The summed E-state index contributed by atoms with van der Waals surface area (Å²) in [5.74, 6) is 3.16. The Morgan fingerprint density at radius 3 is 2.88 bits per heavy atom. The van der Waals surface area contributed by atoms with Crippen molar-refractivity contribution in [1.29, 1.82) is 0 Å². The van der Waals surface area contributed by atoms with E-state index in [1.165, 1.54) is 0 Å². The molecule has 24 heavy (non-hydrogen) atoms. The molecule has 0 radical (unpaired) electrons. The number of unbranched alkanes of at least 4 members (excludes halogenated alkanes) is 1. The van der Waals surface area contributed by atoms with Crippen molar-refractivity contribution < 1.29 is 14.3 Å². The summed E-state index contributed by atoms with van der Waals surface area (Å²) >= 11 is 1.74. The quantitative estimate of drug-likeness (QED) is 0.684. The number of hydrogen-bond acceptors (Lipinski definition) is 5. The second kappa shape index (κ2) is 10.7. The van der Waals surface area contributed by atoms with Crippen molar-refractivity contribution in [1.82, 2.24) is 10.6 Å². The molecule has 0 aliphatic carbocycles. The third kappa shape index (κ3) is 5.76. The average molecular weight is 375 g/mol. The van der Waals surface area contributed by atoms with E-state index in [-0.39, 0.29) is 30.4 Å². The van der Waals surface area contributed by atoms with E-state index in [0.29, 0.717) is 12.4 Å². The number of hydrogen-bond donors (Lipinski definition) is 2. The first-order valence-electron chi connectivity index (χ1n) is 8.08. The summed E-state index contributed by atoms with van der Waals surface area (Å²) in [7, 11) is 1.63. The fourth-order valence-corrected chi connectivity index (χ4v) is 3.30. The van der Waals surface area contributed by atoms with Crippen molar-refractivity contribution in [3.05, 3.63) is 23.8 Å². The van der Waals surface area contributed by atoms with Crippen molar-refractivity contribution in [3.8, 4) is 11.5 Å². The number of rotatable bonds is 8. The lowest BCUT2D eigenvalue weighted by molar-refractivity contribution is -0.123. The molecule has 0 bridgehead atoms. The Balaban J connectivity index is 0.00000288. The minimum atomic E-state index is -0.0963. The Kier molecular flexibility index (Phi) is 9.33. The molecule has 1 aliphatic heterocycles. The van der Waals surface area contributed by atoms with Crippen molar-refractivity contribution in [2.75, 3.05) is 25.3 Å². The molecule has 2 unspecified atom stereocenters. The van der Waals surface area contributed by atoms with Gasteiger partial charge in [0, 0.05) is 11.6 Å². The minimum Gasteiger partial charge on any atom is -0.493 e. The van der Waals surface area contributed by atoms with Crippen LogP contribution in [0.15, 0.2) is 18.2 Å². The predicted octanol–water partition coefficient (Wildman–Crippen LogP) is 3.14. The predicted molar refractivity (Wildman–Crippen MR) is 101 cm³/mol. The molecule has 1 heterocycles. The normalized spacial score (nSPS) is 17.7. The van der Waals surface area contributed by atoms with Gasteiger partial charge in [0.05, 0.1) is 25.8 Å². The average Bonchev–Trinajstić information content (AvgIpc) is 3.09. The molecule has 7 heteroatoms. The number of carbonyl (C=O) groups is 1. The summed E-state index contributed by atoms with van der Waals surface area (Å²) in [6.07, 6.45) is 2.11. The fourth-order valence-electron chi connectivity index (χ4n) is 2.36. The molecule has 1 amide bonds. The van der Waals surface area contributed by atoms with Gasteiger partial charge in [-0.1, -0.05) is 19.4 Å². The number of methoxy groups -OCH3 is 1. The summed E-state index contributed by atoms with van der Waals surface area (Å²) in [6.45, 7) is 4.79. The molecule has 2 atom stereocenters. The molecule has 0 aromatic heterocycles. The molecule has 1 aromatic rings. The van der Waals surface area contributed by atoms with Crippen LogP contribution in [-0.2, 0) is 4.79 Å². The second-order valence-electron chi connectivity index (χ2n) is 5.61. The van der Waals surface area contributed by atoms with Crippen LogP contribution >= 0.6 is 24.2 Å². The molecule has 1 aromatic carbocycles. The van der Waals surface area contributed by atoms with Gasteiger partial charge in [0.2, 0.25) is 5.91 Å². The molecule has 0 saturated carbocycles. The zero-order chi connectivity index (χ0) is 16.7. The minimum absolute atomic E-state index is 0. The summed E-state index contributed by atoms with van der Waals surface area (Å²) < 4.78 is 11.2. The lowest BCUT2D eigenvalue weighted by atomic mass is 10.1. The van der Waals surface area contributed by atoms with Gasteiger partial charge in [-0.15, -0.1) is 24.2 Å². The van der Waals surface area contributed by atoms with Crippen LogP contribution in [0.25, 0.3) is 0 Å². The van der Waals surface area contributed by atoms with E-state index in [4.69, 9.17) is 9.47 Å². The molecule has 1 fully saturated rings. The highest BCUT2D eigenvalue weighted by atomic mass is 35.5. The highest BCUT2D eigenvalue weighted by Gasteiger charge is 2.24. The molecular formula is C17H27ClN2O3S. The summed E-state index contributed by atoms with van der Waals surface area (Å²) in [5, 5.41) is 6.23. The Morgan fingerprint density at radius 2 is 2.25 bits per heavy atom. The van der Waals surface area contributed by atoms with Gasteiger partial charge in [-0.05, 0) is 31.0 Å². The first-order chi connectivity index (χ1) is 11.2. The summed E-state index contributed by atoms with van der Waals surface area (Å²) in [4.78, 5) is 12.2. The van der Waals surface area contributed by atoms with E-state index in [9.17, 15) is 4.79 Å². The van der Waals surface area contributed by atoms with Crippen molar-refractivity contribution >= 4 is 30.1 Å². The van der Waals surface area contributed by atoms with Gasteiger partial charge >= 0.3 is 0 Å². The maximum Gasteiger partial charge on any atom is 0.238 e. The summed E-state index contributed by atoms with van der Waals surface area (Å²) in [6, 6.07) is 5.65. The molecule has 1 aliphatic rings.